The lowest BCUT2D eigenvalue weighted by atomic mass is 9.85. The molecule has 1 aliphatic carbocycles. The van der Waals surface area contributed by atoms with Crippen molar-refractivity contribution >= 4 is 11.6 Å². The Morgan fingerprint density at radius 2 is 1.81 bits per heavy atom. The number of benzene rings is 1. The number of allylic oxidation sites excluding steroid dienone is 4. The molecule has 0 N–H and O–H groups in total. The zero-order valence-electron chi connectivity index (χ0n) is 24.1. The molecule has 1 aliphatic rings. The summed E-state index contributed by atoms with van der Waals surface area (Å²) in [6.07, 6.45) is 13.1. The van der Waals surface area contributed by atoms with E-state index in [0.29, 0.717) is 12.5 Å². The normalized spacial score (nSPS) is 15.9. The van der Waals surface area contributed by atoms with Gasteiger partial charge in [0.1, 0.15) is 0 Å². The van der Waals surface area contributed by atoms with Crippen molar-refractivity contribution in [3.05, 3.63) is 95.5 Å². The lowest BCUT2D eigenvalue weighted by molar-refractivity contribution is -0.131. The lowest BCUT2D eigenvalue weighted by Crippen LogP contribution is -2.35. The summed E-state index contributed by atoms with van der Waals surface area (Å²) in [5.74, 6) is 0.316. The number of carbonyl (C=O) groups excluding carboxylic acids is 1. The van der Waals surface area contributed by atoms with E-state index in [1.54, 1.807) is 6.08 Å². The lowest BCUT2D eigenvalue weighted by Gasteiger charge is -2.31. The van der Waals surface area contributed by atoms with Crippen LogP contribution in [0.4, 0.5) is 5.69 Å². The molecule has 37 heavy (non-hydrogen) atoms. The molecule has 0 aliphatic heterocycles. The molecule has 0 radical (unpaired) electrons. The van der Waals surface area contributed by atoms with Crippen LogP contribution < -0.4 is 4.90 Å². The van der Waals surface area contributed by atoms with E-state index in [1.807, 2.05) is 38.1 Å². The summed E-state index contributed by atoms with van der Waals surface area (Å²) in [6, 6.07) is 12.6. The molecule has 3 rings (SSSR count). The number of hydrogen-bond donors (Lipinski definition) is 0. The van der Waals surface area contributed by atoms with Crippen LogP contribution >= 0.6 is 0 Å². The van der Waals surface area contributed by atoms with Crippen LogP contribution in [-0.2, 0) is 17.8 Å². The molecule has 0 bridgehead atoms. The average Bonchev–Trinajstić information content (AvgIpc) is 2.89. The highest BCUT2D eigenvalue weighted by Gasteiger charge is 2.32. The number of amides is 1. The average molecular weight is 502 g/mol. The molecule has 1 heterocycles. The fourth-order valence-electron chi connectivity index (χ4n) is 4.31. The quantitative estimate of drug-likeness (QED) is 0.327. The van der Waals surface area contributed by atoms with Gasteiger partial charge in [-0.3, -0.25) is 9.78 Å². The first-order valence-corrected chi connectivity index (χ1v) is 13.8. The molecular formula is C33H47N3O. The zero-order valence-corrected chi connectivity index (χ0v) is 24.1. The summed E-state index contributed by atoms with van der Waals surface area (Å²) >= 11 is 0. The van der Waals surface area contributed by atoms with Gasteiger partial charge in [-0.05, 0) is 73.6 Å². The molecule has 4 heteroatoms. The molecule has 4 nitrogen and oxygen atoms in total. The monoisotopic (exact) mass is 501 g/mol. The minimum atomic E-state index is -0.227. The van der Waals surface area contributed by atoms with Crippen molar-refractivity contribution in [2.75, 3.05) is 19.0 Å². The van der Waals surface area contributed by atoms with Gasteiger partial charge in [0, 0.05) is 31.2 Å². The molecule has 200 valence electrons. The Hall–Kier alpha value is -3.14. The van der Waals surface area contributed by atoms with Gasteiger partial charge in [0.25, 0.3) is 0 Å². The fraction of sp³-hybridized carbons (Fsp3) is 0.455. The van der Waals surface area contributed by atoms with Crippen LogP contribution in [0.25, 0.3) is 0 Å². The number of pyridine rings is 1. The molecule has 2 atom stereocenters. The van der Waals surface area contributed by atoms with Crippen molar-refractivity contribution in [2.24, 2.45) is 5.92 Å². The predicted octanol–water partition coefficient (Wildman–Crippen LogP) is 7.99. The second-order valence-electron chi connectivity index (χ2n) is 10.2. The largest absolute Gasteiger partial charge is 0.378 e. The van der Waals surface area contributed by atoms with Crippen LogP contribution in [0.2, 0.25) is 0 Å². The second-order valence-corrected chi connectivity index (χ2v) is 10.2. The molecule has 0 spiro atoms. The van der Waals surface area contributed by atoms with Crippen molar-refractivity contribution in [3.63, 3.8) is 0 Å². The maximum atomic E-state index is 14.2. The summed E-state index contributed by atoms with van der Waals surface area (Å²) in [5, 5.41) is 0. The Morgan fingerprint density at radius 1 is 1.14 bits per heavy atom. The van der Waals surface area contributed by atoms with E-state index in [1.165, 1.54) is 12.0 Å². The van der Waals surface area contributed by atoms with Gasteiger partial charge in [0.2, 0.25) is 5.91 Å². The molecule has 0 fully saturated rings. The third-order valence-corrected chi connectivity index (χ3v) is 6.62. The molecule has 2 aromatic rings. The highest BCUT2D eigenvalue weighted by molar-refractivity contribution is 5.86. The van der Waals surface area contributed by atoms with Crippen molar-refractivity contribution < 1.29 is 4.79 Å². The first kappa shape index (κ1) is 30.1. The van der Waals surface area contributed by atoms with Crippen LogP contribution in [0.1, 0.15) is 81.8 Å². The van der Waals surface area contributed by atoms with Crippen LogP contribution in [0.5, 0.6) is 0 Å². The highest BCUT2D eigenvalue weighted by Crippen LogP contribution is 2.33. The molecular weight excluding hydrogens is 454 g/mol. The third kappa shape index (κ3) is 8.73. The van der Waals surface area contributed by atoms with Crippen LogP contribution in [-0.4, -0.2) is 29.9 Å². The van der Waals surface area contributed by atoms with Gasteiger partial charge < -0.3 is 9.80 Å². The Balaban J connectivity index is 0.00000153. The summed E-state index contributed by atoms with van der Waals surface area (Å²) in [4.78, 5) is 23.0. The number of nitrogens with zero attached hydrogens (tertiary/aromatic N) is 3. The topological polar surface area (TPSA) is 36.4 Å². The van der Waals surface area contributed by atoms with E-state index in [2.05, 4.69) is 81.7 Å². The number of anilines is 1. The van der Waals surface area contributed by atoms with Gasteiger partial charge in [-0.25, -0.2) is 0 Å². The Kier molecular flexibility index (Phi) is 12.4. The van der Waals surface area contributed by atoms with Gasteiger partial charge in [-0.1, -0.05) is 77.5 Å². The zero-order chi connectivity index (χ0) is 27.4. The van der Waals surface area contributed by atoms with Crippen molar-refractivity contribution in [3.8, 4) is 0 Å². The number of aryl methyl sites for hydroxylation is 2. The molecule has 1 aromatic heterocycles. The summed E-state index contributed by atoms with van der Waals surface area (Å²) in [5.41, 5.74) is 6.22. The van der Waals surface area contributed by atoms with E-state index >= 15 is 0 Å². The van der Waals surface area contributed by atoms with Gasteiger partial charge in [0.05, 0.1) is 18.2 Å². The van der Waals surface area contributed by atoms with E-state index in [0.717, 1.165) is 54.0 Å². The number of hydrogen-bond acceptors (Lipinski definition) is 3. The Labute approximate surface area is 225 Å². The number of rotatable bonds is 9. The van der Waals surface area contributed by atoms with Crippen LogP contribution in [0.15, 0.2) is 73.0 Å². The number of aromatic nitrogens is 1. The van der Waals surface area contributed by atoms with Gasteiger partial charge in [0.15, 0.2) is 0 Å². The molecule has 2 unspecified atom stereocenters. The Morgan fingerprint density at radius 3 is 2.41 bits per heavy atom. The number of fused-ring (bicyclic) bond motifs is 1. The molecule has 0 saturated carbocycles. The third-order valence-electron chi connectivity index (χ3n) is 6.62. The first-order chi connectivity index (χ1) is 17.7. The van der Waals surface area contributed by atoms with Crippen molar-refractivity contribution in [1.82, 2.24) is 9.88 Å². The minimum Gasteiger partial charge on any atom is -0.378 e. The van der Waals surface area contributed by atoms with E-state index in [-0.39, 0.29) is 11.8 Å². The second kappa shape index (κ2) is 15.2. The van der Waals surface area contributed by atoms with E-state index in [9.17, 15) is 4.79 Å². The van der Waals surface area contributed by atoms with E-state index < -0.39 is 0 Å². The van der Waals surface area contributed by atoms with Gasteiger partial charge in [-0.15, -0.1) is 0 Å². The van der Waals surface area contributed by atoms with Crippen molar-refractivity contribution in [1.29, 1.82) is 0 Å². The first-order valence-electron chi connectivity index (χ1n) is 13.8. The summed E-state index contributed by atoms with van der Waals surface area (Å²) in [7, 11) is 4.07. The van der Waals surface area contributed by atoms with Crippen LogP contribution in [0.3, 0.4) is 0 Å². The van der Waals surface area contributed by atoms with Gasteiger partial charge in [-0.2, -0.15) is 0 Å². The highest BCUT2D eigenvalue weighted by atomic mass is 16.2. The van der Waals surface area contributed by atoms with Gasteiger partial charge >= 0.3 is 0 Å². The van der Waals surface area contributed by atoms with Crippen LogP contribution in [0, 0.1) is 12.8 Å². The smallest absolute Gasteiger partial charge is 0.236 e. The molecule has 0 saturated heterocycles. The van der Waals surface area contributed by atoms with E-state index in [4.69, 9.17) is 4.98 Å². The molecule has 1 amide bonds. The minimum absolute atomic E-state index is 0.109. The predicted molar refractivity (Wildman–Crippen MR) is 159 cm³/mol. The Bertz CT molecular complexity index is 1070. The summed E-state index contributed by atoms with van der Waals surface area (Å²) in [6.45, 7) is 15.0. The van der Waals surface area contributed by atoms with Crippen molar-refractivity contribution in [2.45, 2.75) is 79.2 Å². The standard InChI is InChI=1S/C30H39N3O.C3H8/c1-7-10-27(18-13-22(3)8-2)33(21-24-15-19-26(20-16-24)32(5)6)30(34)28-12-9-11-25-17-14-23(4)31-29(25)28;1-3-2/h7,10,13-20,22,28H,1,8-9,11-12,21H2,2-6H3;3H2,1-2H3/b18-13-,27-10+;. The SMILES string of the molecule is C=C/C=C(\C=C/C(C)CC)N(Cc1ccc(N(C)C)cc1)C(=O)C1CCCc2ccc(C)nc21.CCC. The summed E-state index contributed by atoms with van der Waals surface area (Å²) < 4.78 is 0. The maximum absolute atomic E-state index is 14.2. The fourth-order valence-corrected chi connectivity index (χ4v) is 4.31. The molecule has 1 aromatic carbocycles. The number of carbonyl (C=O) groups is 1. The maximum Gasteiger partial charge on any atom is 0.236 e.